The summed E-state index contributed by atoms with van der Waals surface area (Å²) in [5, 5.41) is 3.46. The maximum atomic E-state index is 5.80. The molecule has 0 amide bonds. The molecule has 0 aliphatic carbocycles. The summed E-state index contributed by atoms with van der Waals surface area (Å²) in [5.41, 5.74) is 1.18. The molecule has 4 heteroatoms. The van der Waals surface area contributed by atoms with Crippen molar-refractivity contribution in [3.63, 3.8) is 0 Å². The lowest BCUT2D eigenvalue weighted by molar-refractivity contribution is 0.103. The molecule has 0 aromatic heterocycles. The van der Waals surface area contributed by atoms with Crippen molar-refractivity contribution in [3.8, 4) is 11.5 Å². The van der Waals surface area contributed by atoms with E-state index in [1.54, 1.807) is 0 Å². The quantitative estimate of drug-likeness (QED) is 0.742. The molecule has 112 valence electrons. The molecular weight excluding hydrogens is 254 g/mol. The molecule has 1 atom stereocenters. The Kier molecular flexibility index (Phi) is 5.68. The van der Waals surface area contributed by atoms with Crippen molar-refractivity contribution >= 4 is 0 Å². The molecule has 1 aromatic rings. The van der Waals surface area contributed by atoms with Crippen LogP contribution in [0.15, 0.2) is 18.2 Å². The average molecular weight is 279 g/mol. The molecule has 4 nitrogen and oxygen atoms in total. The first-order valence-electron chi connectivity index (χ1n) is 7.41. The van der Waals surface area contributed by atoms with Gasteiger partial charge >= 0.3 is 0 Å². The Labute approximate surface area is 121 Å². The van der Waals surface area contributed by atoms with Gasteiger partial charge in [-0.25, -0.2) is 0 Å². The normalized spacial score (nSPS) is 14.8. The van der Waals surface area contributed by atoms with E-state index in [0.717, 1.165) is 31.1 Å². The summed E-state index contributed by atoms with van der Waals surface area (Å²) in [5.74, 6) is 2.33. The van der Waals surface area contributed by atoms with Crippen molar-refractivity contribution in [1.82, 2.24) is 5.32 Å². The number of benzene rings is 1. The molecule has 1 N–H and O–H groups in total. The molecule has 1 aliphatic rings. The van der Waals surface area contributed by atoms with Gasteiger partial charge in [-0.05, 0) is 36.6 Å². The van der Waals surface area contributed by atoms with Crippen molar-refractivity contribution in [2.75, 3.05) is 26.6 Å². The number of ether oxygens (including phenoxy) is 3. The summed E-state index contributed by atoms with van der Waals surface area (Å²) in [6.07, 6.45) is 1.10. The van der Waals surface area contributed by atoms with Crippen LogP contribution in [0.2, 0.25) is 0 Å². The van der Waals surface area contributed by atoms with Gasteiger partial charge in [0.2, 0.25) is 6.79 Å². The van der Waals surface area contributed by atoms with E-state index >= 15 is 0 Å². The van der Waals surface area contributed by atoms with Crippen LogP contribution in [0.3, 0.4) is 0 Å². The molecule has 0 radical (unpaired) electrons. The summed E-state index contributed by atoms with van der Waals surface area (Å²) in [7, 11) is 0. The lowest BCUT2D eigenvalue weighted by Crippen LogP contribution is -2.25. The van der Waals surface area contributed by atoms with E-state index in [1.807, 2.05) is 12.1 Å². The maximum absolute atomic E-state index is 5.80. The fourth-order valence-corrected chi connectivity index (χ4v) is 2.17. The minimum Gasteiger partial charge on any atom is -0.454 e. The molecule has 0 spiro atoms. The smallest absolute Gasteiger partial charge is 0.231 e. The summed E-state index contributed by atoms with van der Waals surface area (Å²) >= 11 is 0. The summed E-state index contributed by atoms with van der Waals surface area (Å²) < 4.78 is 16.6. The average Bonchev–Trinajstić information content (AvgIpc) is 2.89. The van der Waals surface area contributed by atoms with Gasteiger partial charge < -0.3 is 19.5 Å². The molecule has 2 rings (SSSR count). The number of hydrogen-bond acceptors (Lipinski definition) is 4. The highest BCUT2D eigenvalue weighted by Gasteiger charge is 2.17. The third-order valence-corrected chi connectivity index (χ3v) is 3.37. The van der Waals surface area contributed by atoms with E-state index in [2.05, 4.69) is 32.2 Å². The topological polar surface area (TPSA) is 39.7 Å². The summed E-state index contributed by atoms with van der Waals surface area (Å²) in [4.78, 5) is 0. The molecule has 1 aliphatic heterocycles. The third-order valence-electron chi connectivity index (χ3n) is 3.37. The predicted octanol–water partition coefficient (Wildman–Crippen LogP) is 3.13. The second kappa shape index (κ2) is 7.50. The zero-order valence-corrected chi connectivity index (χ0v) is 12.6. The molecule has 1 aromatic carbocycles. The molecule has 0 saturated heterocycles. The van der Waals surface area contributed by atoms with Crippen LogP contribution in [0, 0.1) is 5.92 Å². The lowest BCUT2D eigenvalue weighted by Gasteiger charge is -2.19. The Morgan fingerprint density at radius 3 is 2.80 bits per heavy atom. The number of nitrogens with one attached hydrogen (secondary N) is 1. The van der Waals surface area contributed by atoms with Gasteiger partial charge in [0.15, 0.2) is 11.5 Å². The zero-order valence-electron chi connectivity index (χ0n) is 12.6. The summed E-state index contributed by atoms with van der Waals surface area (Å²) in [6, 6.07) is 6.28. The minimum absolute atomic E-state index is 0.196. The Morgan fingerprint density at radius 2 is 2.05 bits per heavy atom. The number of hydrogen-bond donors (Lipinski definition) is 1. The Balaban J connectivity index is 1.93. The van der Waals surface area contributed by atoms with Crippen LogP contribution in [-0.4, -0.2) is 26.6 Å². The second-order valence-electron chi connectivity index (χ2n) is 5.48. The first-order chi connectivity index (χ1) is 9.70. The van der Waals surface area contributed by atoms with Crippen LogP contribution in [0.4, 0.5) is 0 Å². The van der Waals surface area contributed by atoms with E-state index in [1.165, 1.54) is 5.56 Å². The molecule has 20 heavy (non-hydrogen) atoms. The fourth-order valence-electron chi connectivity index (χ4n) is 2.17. The molecule has 0 fully saturated rings. The van der Waals surface area contributed by atoms with E-state index < -0.39 is 0 Å². The van der Waals surface area contributed by atoms with Gasteiger partial charge in [0.05, 0.1) is 12.6 Å². The van der Waals surface area contributed by atoms with Crippen molar-refractivity contribution in [2.24, 2.45) is 5.92 Å². The Morgan fingerprint density at radius 1 is 1.25 bits per heavy atom. The van der Waals surface area contributed by atoms with Crippen molar-refractivity contribution < 1.29 is 14.2 Å². The summed E-state index contributed by atoms with van der Waals surface area (Å²) in [6.45, 7) is 9.24. The minimum atomic E-state index is 0.196. The van der Waals surface area contributed by atoms with Crippen LogP contribution in [0.1, 0.15) is 38.8 Å². The first-order valence-corrected chi connectivity index (χ1v) is 7.41. The van der Waals surface area contributed by atoms with Gasteiger partial charge in [0, 0.05) is 6.61 Å². The highest BCUT2D eigenvalue weighted by molar-refractivity contribution is 5.45. The highest BCUT2D eigenvalue weighted by atomic mass is 16.7. The van der Waals surface area contributed by atoms with Gasteiger partial charge in [0.1, 0.15) is 0 Å². The first kappa shape index (κ1) is 15.1. The van der Waals surface area contributed by atoms with Crippen molar-refractivity contribution in [2.45, 2.75) is 33.2 Å². The van der Waals surface area contributed by atoms with Gasteiger partial charge in [-0.1, -0.05) is 26.8 Å². The molecule has 0 saturated carbocycles. The van der Waals surface area contributed by atoms with Crippen LogP contribution >= 0.6 is 0 Å². The maximum Gasteiger partial charge on any atom is 0.231 e. The lowest BCUT2D eigenvalue weighted by atomic mass is 10.1. The SMILES string of the molecule is CCNC(COCCC(C)C)c1ccc2c(c1)OCO2. The van der Waals surface area contributed by atoms with Crippen LogP contribution in [0.5, 0.6) is 11.5 Å². The third kappa shape index (κ3) is 4.12. The van der Waals surface area contributed by atoms with Crippen LogP contribution in [-0.2, 0) is 4.74 Å². The molecule has 1 heterocycles. The van der Waals surface area contributed by atoms with Crippen molar-refractivity contribution in [1.29, 1.82) is 0 Å². The standard InChI is InChI=1S/C16H25NO3/c1-4-17-14(10-18-8-7-12(2)3)13-5-6-15-16(9-13)20-11-19-15/h5-6,9,12,14,17H,4,7-8,10-11H2,1-3H3. The highest BCUT2D eigenvalue weighted by Crippen LogP contribution is 2.34. The zero-order chi connectivity index (χ0) is 14.4. The van der Waals surface area contributed by atoms with E-state index in [-0.39, 0.29) is 6.04 Å². The van der Waals surface area contributed by atoms with E-state index in [4.69, 9.17) is 14.2 Å². The number of rotatable bonds is 8. The van der Waals surface area contributed by atoms with Gasteiger partial charge in [-0.15, -0.1) is 0 Å². The largest absolute Gasteiger partial charge is 0.454 e. The van der Waals surface area contributed by atoms with Gasteiger partial charge in [-0.3, -0.25) is 0 Å². The molecular formula is C16H25NO3. The Bertz CT molecular complexity index is 420. The Hall–Kier alpha value is -1.26. The monoisotopic (exact) mass is 279 g/mol. The number of likely N-dealkylation sites (N-methyl/N-ethyl adjacent to an activating group) is 1. The van der Waals surface area contributed by atoms with Gasteiger partial charge in [0.25, 0.3) is 0 Å². The number of fused-ring (bicyclic) bond motifs is 1. The van der Waals surface area contributed by atoms with Gasteiger partial charge in [-0.2, -0.15) is 0 Å². The second-order valence-corrected chi connectivity index (χ2v) is 5.48. The van der Waals surface area contributed by atoms with Crippen molar-refractivity contribution in [3.05, 3.63) is 23.8 Å². The molecule has 0 bridgehead atoms. The predicted molar refractivity (Wildman–Crippen MR) is 79.3 cm³/mol. The van der Waals surface area contributed by atoms with E-state index in [0.29, 0.717) is 19.3 Å². The van der Waals surface area contributed by atoms with Crippen LogP contribution in [0.25, 0.3) is 0 Å². The van der Waals surface area contributed by atoms with Crippen LogP contribution < -0.4 is 14.8 Å². The van der Waals surface area contributed by atoms with E-state index in [9.17, 15) is 0 Å². The molecule has 1 unspecified atom stereocenters. The fraction of sp³-hybridized carbons (Fsp3) is 0.625.